The van der Waals surface area contributed by atoms with E-state index < -0.39 is 6.04 Å². The van der Waals surface area contributed by atoms with Gasteiger partial charge in [0.2, 0.25) is 12.8 Å². The number of hydrogen-bond acceptors (Lipinski definition) is 5. The summed E-state index contributed by atoms with van der Waals surface area (Å²) < 4.78 is 16.4. The Morgan fingerprint density at radius 3 is 2.91 bits per heavy atom. The van der Waals surface area contributed by atoms with Crippen LogP contribution in [-0.4, -0.2) is 18.8 Å². The van der Waals surface area contributed by atoms with Gasteiger partial charge in [-0.25, -0.2) is 0 Å². The van der Waals surface area contributed by atoms with E-state index in [1.165, 1.54) is 0 Å². The van der Waals surface area contributed by atoms with E-state index in [2.05, 4.69) is 0 Å². The lowest BCUT2D eigenvalue weighted by Crippen LogP contribution is -2.19. The van der Waals surface area contributed by atoms with Crippen LogP contribution in [0, 0.1) is 10.1 Å². The van der Waals surface area contributed by atoms with Gasteiger partial charge < -0.3 is 14.2 Å². The van der Waals surface area contributed by atoms with Crippen LogP contribution in [0.3, 0.4) is 0 Å². The van der Waals surface area contributed by atoms with Gasteiger partial charge in [-0.1, -0.05) is 12.1 Å². The zero-order valence-electron chi connectivity index (χ0n) is 11.9. The van der Waals surface area contributed by atoms with Gasteiger partial charge in [-0.2, -0.15) is 0 Å². The molecule has 0 spiro atoms. The maximum absolute atomic E-state index is 11.5. The highest BCUT2D eigenvalue weighted by atomic mass is 16.7. The number of methoxy groups -OCH3 is 1. The summed E-state index contributed by atoms with van der Waals surface area (Å²) in [5.41, 5.74) is 3.16. The molecule has 4 rings (SSSR count). The Balaban J connectivity index is 2.04. The fourth-order valence-corrected chi connectivity index (χ4v) is 3.24. The van der Waals surface area contributed by atoms with Crippen molar-refractivity contribution in [3.8, 4) is 28.4 Å². The Morgan fingerprint density at radius 2 is 2.14 bits per heavy atom. The molecule has 1 unspecified atom stereocenters. The van der Waals surface area contributed by atoms with Crippen LogP contribution in [0.4, 0.5) is 0 Å². The summed E-state index contributed by atoms with van der Waals surface area (Å²) in [7, 11) is 1.57. The van der Waals surface area contributed by atoms with Crippen molar-refractivity contribution < 1.29 is 19.1 Å². The third kappa shape index (κ3) is 1.67. The van der Waals surface area contributed by atoms with Crippen molar-refractivity contribution in [3.63, 3.8) is 0 Å². The van der Waals surface area contributed by atoms with E-state index in [1.807, 2.05) is 18.2 Å². The van der Waals surface area contributed by atoms with Crippen molar-refractivity contribution in [3.05, 3.63) is 51.6 Å². The first-order chi connectivity index (χ1) is 10.7. The predicted octanol–water partition coefficient (Wildman–Crippen LogP) is 2.96. The zero-order valence-corrected chi connectivity index (χ0v) is 11.9. The van der Waals surface area contributed by atoms with E-state index in [9.17, 15) is 10.1 Å². The average molecular weight is 299 g/mol. The van der Waals surface area contributed by atoms with E-state index in [0.29, 0.717) is 29.2 Å². The van der Waals surface area contributed by atoms with Gasteiger partial charge in [0.1, 0.15) is 5.75 Å². The smallest absolute Gasteiger partial charge is 0.242 e. The van der Waals surface area contributed by atoms with Gasteiger partial charge in [-0.15, -0.1) is 0 Å². The van der Waals surface area contributed by atoms with Crippen LogP contribution < -0.4 is 14.2 Å². The molecule has 0 amide bonds. The average Bonchev–Trinajstić information content (AvgIpc) is 3.01. The summed E-state index contributed by atoms with van der Waals surface area (Å²) in [6.45, 7) is 0.133. The molecule has 0 saturated carbocycles. The third-order valence-corrected chi connectivity index (χ3v) is 4.20. The molecule has 0 fully saturated rings. The van der Waals surface area contributed by atoms with Gasteiger partial charge >= 0.3 is 0 Å². The monoisotopic (exact) mass is 299 g/mol. The highest BCUT2D eigenvalue weighted by molar-refractivity contribution is 5.83. The third-order valence-electron chi connectivity index (χ3n) is 4.20. The van der Waals surface area contributed by atoms with E-state index in [4.69, 9.17) is 14.2 Å². The molecule has 0 radical (unpaired) electrons. The van der Waals surface area contributed by atoms with Gasteiger partial charge in [-0.3, -0.25) is 10.1 Å². The summed E-state index contributed by atoms with van der Waals surface area (Å²) in [6.07, 6.45) is 0.305. The molecular weight excluding hydrogens is 286 g/mol. The molecule has 1 atom stereocenters. The number of ether oxygens (including phenoxy) is 3. The van der Waals surface area contributed by atoms with Crippen molar-refractivity contribution in [1.29, 1.82) is 0 Å². The van der Waals surface area contributed by atoms with Gasteiger partial charge in [0.25, 0.3) is 0 Å². The normalized spacial score (nSPS) is 17.6. The van der Waals surface area contributed by atoms with Crippen LogP contribution in [-0.2, 0) is 6.42 Å². The van der Waals surface area contributed by atoms with Crippen LogP contribution in [0.25, 0.3) is 11.1 Å². The van der Waals surface area contributed by atoms with Crippen LogP contribution in [0.2, 0.25) is 0 Å². The van der Waals surface area contributed by atoms with Gasteiger partial charge in [0.05, 0.1) is 7.11 Å². The van der Waals surface area contributed by atoms with Gasteiger partial charge in [0.15, 0.2) is 11.5 Å². The summed E-state index contributed by atoms with van der Waals surface area (Å²) in [6, 6.07) is 8.33. The molecule has 1 heterocycles. The number of nitro groups is 1. The number of fused-ring (bicyclic) bond motifs is 5. The van der Waals surface area contributed by atoms with Crippen LogP contribution in [0.5, 0.6) is 17.2 Å². The van der Waals surface area contributed by atoms with Crippen LogP contribution in [0.15, 0.2) is 30.3 Å². The van der Waals surface area contributed by atoms with E-state index in [0.717, 1.165) is 16.7 Å². The first-order valence-corrected chi connectivity index (χ1v) is 6.93. The molecule has 1 aliphatic heterocycles. The summed E-state index contributed by atoms with van der Waals surface area (Å²) in [4.78, 5) is 11.3. The first kappa shape index (κ1) is 12.9. The molecule has 2 aliphatic rings. The van der Waals surface area contributed by atoms with E-state index in [-0.39, 0.29) is 11.7 Å². The van der Waals surface area contributed by atoms with Crippen LogP contribution >= 0.6 is 0 Å². The molecule has 2 aromatic carbocycles. The second-order valence-electron chi connectivity index (χ2n) is 5.26. The fraction of sp³-hybridized carbons (Fsp3) is 0.250. The lowest BCUT2D eigenvalue weighted by molar-refractivity contribution is -0.528. The molecule has 22 heavy (non-hydrogen) atoms. The number of rotatable bonds is 2. The van der Waals surface area contributed by atoms with Crippen molar-refractivity contribution in [2.75, 3.05) is 13.9 Å². The highest BCUT2D eigenvalue weighted by Gasteiger charge is 2.38. The number of nitrogens with zero attached hydrogens (tertiary/aromatic N) is 1. The molecule has 6 nitrogen and oxygen atoms in total. The fourth-order valence-electron chi connectivity index (χ4n) is 3.24. The van der Waals surface area contributed by atoms with Crippen molar-refractivity contribution in [2.45, 2.75) is 12.5 Å². The minimum absolute atomic E-state index is 0.133. The lowest BCUT2D eigenvalue weighted by atomic mass is 9.81. The predicted molar refractivity (Wildman–Crippen MR) is 78.0 cm³/mol. The molecule has 1 aliphatic carbocycles. The van der Waals surface area contributed by atoms with Crippen molar-refractivity contribution >= 4 is 0 Å². The van der Waals surface area contributed by atoms with Crippen molar-refractivity contribution in [2.24, 2.45) is 0 Å². The summed E-state index contributed by atoms with van der Waals surface area (Å²) in [5, 5.41) is 11.5. The molecule has 0 aromatic heterocycles. The molecular formula is C16H13NO5. The minimum Gasteiger partial charge on any atom is -0.496 e. The Morgan fingerprint density at radius 1 is 1.27 bits per heavy atom. The molecule has 2 aromatic rings. The Kier molecular flexibility index (Phi) is 2.72. The molecule has 0 saturated heterocycles. The van der Waals surface area contributed by atoms with Gasteiger partial charge in [0, 0.05) is 28.0 Å². The maximum Gasteiger partial charge on any atom is 0.242 e. The molecule has 0 bridgehead atoms. The zero-order chi connectivity index (χ0) is 15.3. The largest absolute Gasteiger partial charge is 0.496 e. The molecule has 0 N–H and O–H groups in total. The van der Waals surface area contributed by atoms with Crippen molar-refractivity contribution in [1.82, 2.24) is 0 Å². The molecule has 112 valence electrons. The Bertz CT molecular complexity index is 786. The maximum atomic E-state index is 11.5. The second kappa shape index (κ2) is 4.62. The van der Waals surface area contributed by atoms with E-state index >= 15 is 0 Å². The first-order valence-electron chi connectivity index (χ1n) is 6.93. The number of benzene rings is 2. The second-order valence-corrected chi connectivity index (χ2v) is 5.26. The quantitative estimate of drug-likeness (QED) is 0.630. The lowest BCUT2D eigenvalue weighted by Gasteiger charge is -2.25. The SMILES string of the molecule is COc1cccc2c1CC([N+](=O)[O-])c1ccc3c(c1-2)OCO3. The molecule has 6 heteroatoms. The topological polar surface area (TPSA) is 70.8 Å². The Hall–Kier alpha value is -2.76. The minimum atomic E-state index is -0.812. The van der Waals surface area contributed by atoms with E-state index in [1.54, 1.807) is 19.2 Å². The van der Waals surface area contributed by atoms with Crippen LogP contribution in [0.1, 0.15) is 17.2 Å². The highest BCUT2D eigenvalue weighted by Crippen LogP contribution is 2.51. The van der Waals surface area contributed by atoms with Gasteiger partial charge in [-0.05, 0) is 23.8 Å². The Labute approximate surface area is 126 Å². The number of hydrogen-bond donors (Lipinski definition) is 0. The summed E-state index contributed by atoms with van der Waals surface area (Å²) >= 11 is 0. The standard InChI is InChI=1S/C16H13NO5/c1-20-13-4-2-3-9-11(13)7-12(17(18)19)10-5-6-14-16(15(9)10)22-8-21-14/h2-6,12H,7-8H2,1H3. The summed E-state index contributed by atoms with van der Waals surface area (Å²) in [5.74, 6) is 1.86.